The lowest BCUT2D eigenvalue weighted by atomic mass is 10.1. The van der Waals surface area contributed by atoms with Crippen LogP contribution in [0, 0.1) is 13.8 Å². The molecule has 3 rings (SSSR count). The SMILES string of the molecule is CCOc1ccc(S(=O)(=O)Nc2cccc(C(=O)NCc3cc(C)c(O)c(C)c3)c2)cc1. The van der Waals surface area contributed by atoms with Crippen LogP contribution in [0.15, 0.2) is 65.6 Å². The molecule has 0 spiro atoms. The predicted octanol–water partition coefficient (Wildman–Crippen LogP) is 4.14. The number of benzene rings is 3. The molecule has 0 unspecified atom stereocenters. The Morgan fingerprint density at radius 2 is 1.66 bits per heavy atom. The van der Waals surface area contributed by atoms with Crippen LogP contribution in [0.3, 0.4) is 0 Å². The highest BCUT2D eigenvalue weighted by Crippen LogP contribution is 2.23. The van der Waals surface area contributed by atoms with Gasteiger partial charge in [-0.2, -0.15) is 0 Å². The number of aryl methyl sites for hydroxylation is 2. The summed E-state index contributed by atoms with van der Waals surface area (Å²) in [6.45, 7) is 6.22. The van der Waals surface area contributed by atoms with Gasteiger partial charge in [0, 0.05) is 17.8 Å². The average molecular weight is 455 g/mol. The number of phenols is 1. The number of hydrogen-bond donors (Lipinski definition) is 3. The van der Waals surface area contributed by atoms with Gasteiger partial charge in [0.2, 0.25) is 0 Å². The van der Waals surface area contributed by atoms with Crippen LogP contribution in [0.2, 0.25) is 0 Å². The summed E-state index contributed by atoms with van der Waals surface area (Å²) in [4.78, 5) is 12.7. The third-order valence-electron chi connectivity index (χ3n) is 4.83. The van der Waals surface area contributed by atoms with E-state index in [1.54, 1.807) is 44.2 Å². The lowest BCUT2D eigenvalue weighted by molar-refractivity contribution is 0.0951. The van der Waals surface area contributed by atoms with Crippen molar-refractivity contribution < 1.29 is 23.1 Å². The van der Waals surface area contributed by atoms with Crippen molar-refractivity contribution in [3.8, 4) is 11.5 Å². The molecule has 1 amide bonds. The van der Waals surface area contributed by atoms with Crippen LogP contribution in [-0.2, 0) is 16.6 Å². The smallest absolute Gasteiger partial charge is 0.261 e. The second kappa shape index (κ2) is 9.74. The summed E-state index contributed by atoms with van der Waals surface area (Å²) >= 11 is 0. The van der Waals surface area contributed by atoms with Crippen LogP contribution >= 0.6 is 0 Å². The maximum Gasteiger partial charge on any atom is 0.261 e. The van der Waals surface area contributed by atoms with Gasteiger partial charge in [-0.3, -0.25) is 9.52 Å². The Morgan fingerprint density at radius 3 is 2.28 bits per heavy atom. The molecular formula is C24H26N2O5S. The number of phenolic OH excluding ortho intramolecular Hbond substituents is 1. The van der Waals surface area contributed by atoms with E-state index in [0.717, 1.165) is 16.7 Å². The Bertz CT molecular complexity index is 1200. The number of amides is 1. The molecule has 0 aliphatic heterocycles. The Balaban J connectivity index is 1.69. The molecule has 0 fully saturated rings. The number of rotatable bonds is 8. The fraction of sp³-hybridized carbons (Fsp3) is 0.208. The number of sulfonamides is 1. The molecule has 0 saturated carbocycles. The molecule has 8 heteroatoms. The number of carbonyl (C=O) groups is 1. The molecule has 0 heterocycles. The maximum atomic E-state index is 12.7. The summed E-state index contributed by atoms with van der Waals surface area (Å²) in [6, 6.07) is 16.0. The molecule has 3 N–H and O–H groups in total. The molecule has 3 aromatic rings. The van der Waals surface area contributed by atoms with E-state index in [9.17, 15) is 18.3 Å². The number of aromatic hydroxyl groups is 1. The maximum absolute atomic E-state index is 12.7. The molecule has 7 nitrogen and oxygen atoms in total. The quantitative estimate of drug-likeness (QED) is 0.475. The first-order chi connectivity index (χ1) is 15.2. The molecule has 0 aliphatic rings. The van der Waals surface area contributed by atoms with Gasteiger partial charge in [-0.15, -0.1) is 0 Å². The van der Waals surface area contributed by atoms with Crippen LogP contribution < -0.4 is 14.8 Å². The molecule has 0 bridgehead atoms. The number of anilines is 1. The Morgan fingerprint density at radius 1 is 1.00 bits per heavy atom. The van der Waals surface area contributed by atoms with Crippen molar-refractivity contribution in [2.45, 2.75) is 32.2 Å². The summed E-state index contributed by atoms with van der Waals surface area (Å²) in [7, 11) is -3.82. The minimum Gasteiger partial charge on any atom is -0.507 e. The monoisotopic (exact) mass is 454 g/mol. The second-order valence-corrected chi connectivity index (χ2v) is 9.03. The van der Waals surface area contributed by atoms with Crippen molar-refractivity contribution in [2.24, 2.45) is 0 Å². The molecule has 0 saturated heterocycles. The van der Waals surface area contributed by atoms with Crippen LogP contribution in [0.5, 0.6) is 11.5 Å². The van der Waals surface area contributed by atoms with Crippen molar-refractivity contribution in [1.29, 1.82) is 0 Å². The fourth-order valence-corrected chi connectivity index (χ4v) is 4.30. The number of ether oxygens (including phenoxy) is 1. The van der Waals surface area contributed by atoms with E-state index in [1.165, 1.54) is 18.2 Å². The highest BCUT2D eigenvalue weighted by Gasteiger charge is 2.15. The molecule has 0 aromatic heterocycles. The van der Waals surface area contributed by atoms with Gasteiger partial charge in [-0.25, -0.2) is 8.42 Å². The van der Waals surface area contributed by atoms with Gasteiger partial charge >= 0.3 is 0 Å². The lowest BCUT2D eigenvalue weighted by Crippen LogP contribution is -2.23. The fourth-order valence-electron chi connectivity index (χ4n) is 3.25. The van der Waals surface area contributed by atoms with E-state index >= 15 is 0 Å². The van der Waals surface area contributed by atoms with Crippen LogP contribution in [-0.4, -0.2) is 26.0 Å². The first-order valence-corrected chi connectivity index (χ1v) is 11.6. The van der Waals surface area contributed by atoms with Gasteiger partial charge in [0.05, 0.1) is 11.5 Å². The highest BCUT2D eigenvalue weighted by atomic mass is 32.2. The van der Waals surface area contributed by atoms with E-state index in [1.807, 2.05) is 19.1 Å². The van der Waals surface area contributed by atoms with E-state index in [4.69, 9.17) is 4.74 Å². The Kier molecular flexibility index (Phi) is 7.05. The van der Waals surface area contributed by atoms with E-state index in [0.29, 0.717) is 17.9 Å². The zero-order valence-electron chi connectivity index (χ0n) is 18.2. The summed E-state index contributed by atoms with van der Waals surface area (Å²) in [5, 5.41) is 12.7. The lowest BCUT2D eigenvalue weighted by Gasteiger charge is -2.11. The third kappa shape index (κ3) is 5.59. The number of carbonyl (C=O) groups excluding carboxylic acids is 1. The third-order valence-corrected chi connectivity index (χ3v) is 6.22. The van der Waals surface area contributed by atoms with Gasteiger partial charge in [-0.05, 0) is 79.9 Å². The van der Waals surface area contributed by atoms with Crippen molar-refractivity contribution >= 4 is 21.6 Å². The average Bonchev–Trinajstić information content (AvgIpc) is 2.76. The minimum atomic E-state index is -3.82. The van der Waals surface area contributed by atoms with Gasteiger partial charge in [0.15, 0.2) is 0 Å². The number of nitrogens with one attached hydrogen (secondary N) is 2. The molecule has 3 aromatic carbocycles. The Labute approximate surface area is 188 Å². The highest BCUT2D eigenvalue weighted by molar-refractivity contribution is 7.92. The van der Waals surface area contributed by atoms with Gasteiger partial charge in [0.25, 0.3) is 15.9 Å². The Hall–Kier alpha value is -3.52. The van der Waals surface area contributed by atoms with E-state index in [-0.39, 0.29) is 28.8 Å². The zero-order chi connectivity index (χ0) is 23.3. The topological polar surface area (TPSA) is 105 Å². The molecule has 0 radical (unpaired) electrons. The largest absolute Gasteiger partial charge is 0.507 e. The molecule has 168 valence electrons. The normalized spacial score (nSPS) is 11.1. The van der Waals surface area contributed by atoms with Crippen molar-refractivity contribution in [3.05, 3.63) is 82.9 Å². The standard InChI is InChI=1S/C24H26N2O5S/c1-4-31-21-8-10-22(11-9-21)32(29,30)26-20-7-5-6-19(14-20)24(28)25-15-18-12-16(2)23(27)17(3)13-18/h5-14,26-27H,4,15H2,1-3H3,(H,25,28). The second-order valence-electron chi connectivity index (χ2n) is 7.35. The van der Waals surface area contributed by atoms with Crippen molar-refractivity contribution in [1.82, 2.24) is 5.32 Å². The molecule has 32 heavy (non-hydrogen) atoms. The van der Waals surface area contributed by atoms with Gasteiger partial charge < -0.3 is 15.2 Å². The van der Waals surface area contributed by atoms with Crippen LogP contribution in [0.4, 0.5) is 5.69 Å². The van der Waals surface area contributed by atoms with Crippen molar-refractivity contribution in [2.75, 3.05) is 11.3 Å². The summed E-state index contributed by atoms with van der Waals surface area (Å²) in [5.41, 5.74) is 2.94. The zero-order valence-corrected chi connectivity index (χ0v) is 19.0. The first-order valence-electron chi connectivity index (χ1n) is 10.1. The van der Waals surface area contributed by atoms with Gasteiger partial charge in [0.1, 0.15) is 11.5 Å². The molecule has 0 aliphatic carbocycles. The van der Waals surface area contributed by atoms with Crippen molar-refractivity contribution in [3.63, 3.8) is 0 Å². The molecule has 0 atom stereocenters. The van der Waals surface area contributed by atoms with Gasteiger partial charge in [-0.1, -0.05) is 18.2 Å². The van der Waals surface area contributed by atoms with E-state index in [2.05, 4.69) is 10.0 Å². The van der Waals surface area contributed by atoms with E-state index < -0.39 is 10.0 Å². The van der Waals surface area contributed by atoms with Crippen LogP contribution in [0.1, 0.15) is 34.0 Å². The summed E-state index contributed by atoms with van der Waals surface area (Å²) in [6.07, 6.45) is 0. The summed E-state index contributed by atoms with van der Waals surface area (Å²) < 4.78 is 33.2. The molecular weight excluding hydrogens is 428 g/mol. The predicted molar refractivity (Wildman–Crippen MR) is 124 cm³/mol. The summed E-state index contributed by atoms with van der Waals surface area (Å²) in [5.74, 6) is 0.493. The first kappa shape index (κ1) is 23.1. The van der Waals surface area contributed by atoms with Crippen LogP contribution in [0.25, 0.3) is 0 Å². The minimum absolute atomic E-state index is 0.0916. The number of hydrogen-bond acceptors (Lipinski definition) is 5.